The molecule has 1 saturated heterocycles. The third-order valence-corrected chi connectivity index (χ3v) is 3.30. The predicted molar refractivity (Wildman–Crippen MR) is 71.5 cm³/mol. The van der Waals surface area contributed by atoms with Gasteiger partial charge in [0.1, 0.15) is 12.3 Å². The van der Waals surface area contributed by atoms with Crippen LogP contribution >= 0.6 is 0 Å². The van der Waals surface area contributed by atoms with Crippen LogP contribution in [0, 0.1) is 0 Å². The van der Waals surface area contributed by atoms with Crippen molar-refractivity contribution in [3.05, 3.63) is 18.2 Å². The zero-order valence-electron chi connectivity index (χ0n) is 10.7. The van der Waals surface area contributed by atoms with E-state index in [1.165, 1.54) is 6.42 Å². The molecule has 100 valence electrons. The fraction of sp³-hybridized carbons (Fsp3) is 0.429. The normalized spacial score (nSPS) is 17.6. The van der Waals surface area contributed by atoms with Gasteiger partial charge in [0.2, 0.25) is 0 Å². The molecule has 0 aromatic heterocycles. The standard InChI is InChI=1S/C14H16N2O3/c17-14(16-8-2-1-3-9-16)19-12-6-4-5-11-13(12)18-10-7-15-11/h4-7H,1-3,8-10H2. The number of benzene rings is 1. The Kier molecular flexibility index (Phi) is 3.35. The van der Waals surface area contributed by atoms with Crippen LogP contribution in [0.15, 0.2) is 23.2 Å². The Hall–Kier alpha value is -2.04. The highest BCUT2D eigenvalue weighted by Crippen LogP contribution is 2.38. The summed E-state index contributed by atoms with van der Waals surface area (Å²) in [6, 6.07) is 5.38. The number of likely N-dealkylation sites (tertiary alicyclic amines) is 1. The first-order chi connectivity index (χ1) is 9.34. The summed E-state index contributed by atoms with van der Waals surface area (Å²) in [5.74, 6) is 1.00. The van der Waals surface area contributed by atoms with Crippen LogP contribution in [0.2, 0.25) is 0 Å². The Morgan fingerprint density at radius 1 is 1.26 bits per heavy atom. The molecular formula is C14H16N2O3. The Bertz CT molecular complexity index is 507. The van der Waals surface area contributed by atoms with Gasteiger partial charge in [0, 0.05) is 19.3 Å². The van der Waals surface area contributed by atoms with Gasteiger partial charge >= 0.3 is 6.09 Å². The van der Waals surface area contributed by atoms with E-state index in [1.54, 1.807) is 17.2 Å². The molecule has 0 bridgehead atoms. The molecule has 2 heterocycles. The van der Waals surface area contributed by atoms with Crippen molar-refractivity contribution in [2.45, 2.75) is 19.3 Å². The zero-order chi connectivity index (χ0) is 13.1. The molecule has 0 unspecified atom stereocenters. The maximum atomic E-state index is 12.1. The lowest BCUT2D eigenvalue weighted by molar-refractivity contribution is 0.141. The first-order valence-corrected chi connectivity index (χ1v) is 6.60. The lowest BCUT2D eigenvalue weighted by atomic mass is 10.1. The molecule has 0 radical (unpaired) electrons. The SMILES string of the molecule is O=C(Oc1cccc2c1OCC=N2)N1CCCCC1. The Morgan fingerprint density at radius 3 is 2.95 bits per heavy atom. The summed E-state index contributed by atoms with van der Waals surface area (Å²) >= 11 is 0. The van der Waals surface area contributed by atoms with Crippen molar-refractivity contribution in [2.75, 3.05) is 19.7 Å². The molecular weight excluding hydrogens is 244 g/mol. The summed E-state index contributed by atoms with van der Waals surface area (Å²) in [7, 11) is 0. The van der Waals surface area contributed by atoms with Crippen molar-refractivity contribution in [1.29, 1.82) is 0 Å². The van der Waals surface area contributed by atoms with Gasteiger partial charge in [0.05, 0.1) is 0 Å². The van der Waals surface area contributed by atoms with E-state index < -0.39 is 0 Å². The number of para-hydroxylation sites is 1. The second kappa shape index (κ2) is 5.30. The predicted octanol–water partition coefficient (Wildman–Crippen LogP) is 2.77. The molecule has 5 heteroatoms. The molecule has 0 spiro atoms. The largest absolute Gasteiger partial charge is 0.482 e. The van der Waals surface area contributed by atoms with Crippen LogP contribution < -0.4 is 9.47 Å². The van der Waals surface area contributed by atoms with Crippen molar-refractivity contribution >= 4 is 18.0 Å². The van der Waals surface area contributed by atoms with Crippen LogP contribution in [-0.2, 0) is 0 Å². The van der Waals surface area contributed by atoms with Crippen molar-refractivity contribution in [3.8, 4) is 11.5 Å². The third kappa shape index (κ3) is 2.54. The number of piperidine rings is 1. The van der Waals surface area contributed by atoms with Crippen LogP contribution in [0.3, 0.4) is 0 Å². The van der Waals surface area contributed by atoms with Crippen molar-refractivity contribution in [2.24, 2.45) is 4.99 Å². The number of rotatable bonds is 1. The lowest BCUT2D eigenvalue weighted by Gasteiger charge is -2.26. The fourth-order valence-electron chi connectivity index (χ4n) is 2.32. The number of carbonyl (C=O) groups excluding carboxylic acids is 1. The number of amides is 1. The first kappa shape index (κ1) is 12.0. The van der Waals surface area contributed by atoms with E-state index in [2.05, 4.69) is 4.99 Å². The van der Waals surface area contributed by atoms with E-state index in [-0.39, 0.29) is 6.09 Å². The molecule has 2 aliphatic heterocycles. The number of carbonyl (C=O) groups is 1. The van der Waals surface area contributed by atoms with Crippen LogP contribution in [0.5, 0.6) is 11.5 Å². The Balaban J connectivity index is 1.76. The first-order valence-electron chi connectivity index (χ1n) is 6.60. The van der Waals surface area contributed by atoms with Crippen LogP contribution in [0.25, 0.3) is 0 Å². The highest BCUT2D eigenvalue weighted by Gasteiger charge is 2.21. The molecule has 1 aromatic carbocycles. The van der Waals surface area contributed by atoms with Crippen LogP contribution in [-0.4, -0.2) is 36.9 Å². The highest BCUT2D eigenvalue weighted by molar-refractivity contribution is 5.77. The van der Waals surface area contributed by atoms with Crippen molar-refractivity contribution in [1.82, 2.24) is 4.90 Å². The number of fused-ring (bicyclic) bond motifs is 1. The number of ether oxygens (including phenoxy) is 2. The van der Waals surface area contributed by atoms with Gasteiger partial charge in [-0.3, -0.25) is 4.99 Å². The molecule has 5 nitrogen and oxygen atoms in total. The van der Waals surface area contributed by atoms with Crippen LogP contribution in [0.1, 0.15) is 19.3 Å². The molecule has 19 heavy (non-hydrogen) atoms. The lowest BCUT2D eigenvalue weighted by Crippen LogP contribution is -2.37. The van der Waals surface area contributed by atoms with E-state index in [9.17, 15) is 4.79 Å². The van der Waals surface area contributed by atoms with E-state index in [1.807, 2.05) is 12.1 Å². The summed E-state index contributed by atoms with van der Waals surface area (Å²) in [5, 5.41) is 0. The summed E-state index contributed by atoms with van der Waals surface area (Å²) in [6.45, 7) is 1.95. The van der Waals surface area contributed by atoms with E-state index in [0.717, 1.165) is 25.9 Å². The summed E-state index contributed by atoms with van der Waals surface area (Å²) in [4.78, 5) is 18.0. The molecule has 3 rings (SSSR count). The molecule has 1 amide bonds. The molecule has 0 N–H and O–H groups in total. The van der Waals surface area contributed by atoms with Gasteiger partial charge < -0.3 is 14.4 Å². The number of hydrogen-bond acceptors (Lipinski definition) is 4. The average molecular weight is 260 g/mol. The second-order valence-electron chi connectivity index (χ2n) is 4.64. The molecule has 1 fully saturated rings. The van der Waals surface area contributed by atoms with E-state index >= 15 is 0 Å². The monoisotopic (exact) mass is 260 g/mol. The van der Waals surface area contributed by atoms with Gasteiger partial charge in [-0.2, -0.15) is 0 Å². The summed E-state index contributed by atoms with van der Waals surface area (Å²) in [6.07, 6.45) is 4.67. The van der Waals surface area contributed by atoms with Crippen molar-refractivity contribution in [3.63, 3.8) is 0 Å². The minimum Gasteiger partial charge on any atom is -0.482 e. The molecule has 1 aromatic rings. The van der Waals surface area contributed by atoms with E-state index in [0.29, 0.717) is 23.8 Å². The molecule has 2 aliphatic rings. The molecule has 0 aliphatic carbocycles. The van der Waals surface area contributed by atoms with Crippen molar-refractivity contribution < 1.29 is 14.3 Å². The third-order valence-electron chi connectivity index (χ3n) is 3.30. The quantitative estimate of drug-likeness (QED) is 0.780. The highest BCUT2D eigenvalue weighted by atomic mass is 16.6. The average Bonchev–Trinajstić information content (AvgIpc) is 2.48. The Morgan fingerprint density at radius 2 is 2.11 bits per heavy atom. The van der Waals surface area contributed by atoms with Gasteiger partial charge in [-0.05, 0) is 31.4 Å². The topological polar surface area (TPSA) is 51.1 Å². The van der Waals surface area contributed by atoms with Gasteiger partial charge in [0.15, 0.2) is 11.5 Å². The molecule has 0 atom stereocenters. The fourth-order valence-corrected chi connectivity index (χ4v) is 2.32. The number of hydrogen-bond donors (Lipinski definition) is 0. The number of aliphatic imine (C=N–C) groups is 1. The van der Waals surface area contributed by atoms with Gasteiger partial charge in [0.25, 0.3) is 0 Å². The minimum absolute atomic E-state index is 0.300. The molecule has 0 saturated carbocycles. The number of nitrogens with zero attached hydrogens (tertiary/aromatic N) is 2. The van der Waals surface area contributed by atoms with E-state index in [4.69, 9.17) is 9.47 Å². The van der Waals surface area contributed by atoms with Crippen LogP contribution in [0.4, 0.5) is 10.5 Å². The van der Waals surface area contributed by atoms with Gasteiger partial charge in [-0.25, -0.2) is 4.79 Å². The zero-order valence-corrected chi connectivity index (χ0v) is 10.7. The van der Waals surface area contributed by atoms with Gasteiger partial charge in [-0.15, -0.1) is 0 Å². The minimum atomic E-state index is -0.300. The maximum Gasteiger partial charge on any atom is 0.415 e. The Labute approximate surface area is 111 Å². The summed E-state index contributed by atoms with van der Waals surface area (Å²) in [5.41, 5.74) is 0.704. The maximum absolute atomic E-state index is 12.1. The second-order valence-corrected chi connectivity index (χ2v) is 4.64. The smallest absolute Gasteiger partial charge is 0.415 e. The summed E-state index contributed by atoms with van der Waals surface area (Å²) < 4.78 is 10.9. The van der Waals surface area contributed by atoms with Gasteiger partial charge in [-0.1, -0.05) is 6.07 Å².